The Kier molecular flexibility index (Phi) is 5.53. The Morgan fingerprint density at radius 1 is 1.24 bits per heavy atom. The standard InChI is InChI=1S/C23H26N8O2/c1-29(2)20(32)14-30-13-16(12-24-30)19-4-3-11-31-21(19)27-23(28-31)26-18-7-5-15(6-8-18)22(33)25-17-9-10-17/h3-8,11-13,17,20,32H,9-10,14H2,1-2H3,(H,25,33)(H,26,28). The fourth-order valence-corrected chi connectivity index (χ4v) is 3.45. The monoisotopic (exact) mass is 446 g/mol. The summed E-state index contributed by atoms with van der Waals surface area (Å²) in [7, 11) is 3.63. The SMILES string of the molecule is CN(C)C(O)Cn1cc(-c2cccn3nc(Nc4ccc(C(=O)NC5CC5)cc4)nc23)cn1. The van der Waals surface area contributed by atoms with Gasteiger partial charge < -0.3 is 15.7 Å². The topological polar surface area (TPSA) is 113 Å². The van der Waals surface area contributed by atoms with Gasteiger partial charge in [-0.15, -0.1) is 5.10 Å². The third kappa shape index (κ3) is 4.71. The third-order valence-electron chi connectivity index (χ3n) is 5.57. The molecule has 0 spiro atoms. The average Bonchev–Trinajstić information content (AvgIpc) is 3.32. The largest absolute Gasteiger partial charge is 0.376 e. The molecule has 1 aromatic carbocycles. The highest BCUT2D eigenvalue weighted by Crippen LogP contribution is 2.25. The molecule has 3 N–H and O–H groups in total. The van der Waals surface area contributed by atoms with Gasteiger partial charge in [-0.25, -0.2) is 4.52 Å². The number of rotatable bonds is 8. The third-order valence-corrected chi connectivity index (χ3v) is 5.57. The number of nitrogens with one attached hydrogen (secondary N) is 2. The number of benzene rings is 1. The second-order valence-corrected chi connectivity index (χ2v) is 8.47. The van der Waals surface area contributed by atoms with Crippen molar-refractivity contribution in [3.05, 3.63) is 60.6 Å². The molecule has 1 saturated carbocycles. The van der Waals surface area contributed by atoms with Gasteiger partial charge in [-0.2, -0.15) is 10.1 Å². The van der Waals surface area contributed by atoms with E-state index in [0.29, 0.717) is 29.7 Å². The molecule has 1 aliphatic carbocycles. The first-order chi connectivity index (χ1) is 16.0. The average molecular weight is 447 g/mol. The summed E-state index contributed by atoms with van der Waals surface area (Å²) in [6, 6.07) is 11.5. The van der Waals surface area contributed by atoms with E-state index in [4.69, 9.17) is 0 Å². The summed E-state index contributed by atoms with van der Waals surface area (Å²) < 4.78 is 3.42. The normalized spacial score (nSPS) is 14.5. The van der Waals surface area contributed by atoms with Crippen LogP contribution in [0.15, 0.2) is 55.0 Å². The molecule has 1 fully saturated rings. The van der Waals surface area contributed by atoms with Crippen LogP contribution in [0.3, 0.4) is 0 Å². The molecule has 0 aliphatic heterocycles. The van der Waals surface area contributed by atoms with Crippen molar-refractivity contribution in [3.8, 4) is 11.1 Å². The van der Waals surface area contributed by atoms with Crippen LogP contribution < -0.4 is 10.6 Å². The van der Waals surface area contributed by atoms with Gasteiger partial charge in [0.2, 0.25) is 5.95 Å². The molecular formula is C23H26N8O2. The van der Waals surface area contributed by atoms with Crippen LogP contribution in [-0.4, -0.2) is 66.7 Å². The molecule has 0 radical (unpaired) electrons. The van der Waals surface area contributed by atoms with Crippen molar-refractivity contribution >= 4 is 23.2 Å². The second kappa shape index (κ2) is 8.64. The molecule has 0 bridgehead atoms. The number of pyridine rings is 1. The Hall–Kier alpha value is -3.76. The highest BCUT2D eigenvalue weighted by molar-refractivity contribution is 5.95. The number of carbonyl (C=O) groups excluding carboxylic acids is 1. The first-order valence-corrected chi connectivity index (χ1v) is 10.9. The second-order valence-electron chi connectivity index (χ2n) is 8.47. The number of likely N-dealkylation sites (N-methyl/N-ethyl adjacent to an activating group) is 1. The molecule has 0 saturated heterocycles. The fourth-order valence-electron chi connectivity index (χ4n) is 3.45. The van der Waals surface area contributed by atoms with Crippen LogP contribution >= 0.6 is 0 Å². The van der Waals surface area contributed by atoms with E-state index < -0.39 is 6.23 Å². The van der Waals surface area contributed by atoms with Crippen molar-refractivity contribution in [2.45, 2.75) is 31.7 Å². The van der Waals surface area contributed by atoms with E-state index in [1.165, 1.54) is 0 Å². The van der Waals surface area contributed by atoms with Gasteiger partial charge in [-0.3, -0.25) is 14.4 Å². The van der Waals surface area contributed by atoms with E-state index in [2.05, 4.69) is 25.8 Å². The Bertz CT molecular complexity index is 1270. The number of carbonyl (C=O) groups is 1. The molecule has 3 heterocycles. The van der Waals surface area contributed by atoms with Crippen molar-refractivity contribution < 1.29 is 9.90 Å². The fraction of sp³-hybridized carbons (Fsp3) is 0.304. The van der Waals surface area contributed by atoms with Crippen LogP contribution in [-0.2, 0) is 6.54 Å². The summed E-state index contributed by atoms with van der Waals surface area (Å²) in [6.45, 7) is 0.365. The van der Waals surface area contributed by atoms with Crippen LogP contribution in [0.5, 0.6) is 0 Å². The zero-order valence-corrected chi connectivity index (χ0v) is 18.5. The zero-order chi connectivity index (χ0) is 22.9. The number of fused-ring (bicyclic) bond motifs is 1. The van der Waals surface area contributed by atoms with Crippen molar-refractivity contribution in [2.75, 3.05) is 19.4 Å². The molecule has 10 nitrogen and oxygen atoms in total. The van der Waals surface area contributed by atoms with Crippen LogP contribution in [0.4, 0.5) is 11.6 Å². The minimum Gasteiger partial charge on any atom is -0.376 e. The molecule has 1 amide bonds. The van der Waals surface area contributed by atoms with E-state index in [-0.39, 0.29) is 5.91 Å². The Morgan fingerprint density at radius 2 is 2.03 bits per heavy atom. The molecule has 4 aromatic rings. The first kappa shape index (κ1) is 21.1. The van der Waals surface area contributed by atoms with Crippen LogP contribution in [0.1, 0.15) is 23.2 Å². The Balaban J connectivity index is 1.34. The molecule has 1 unspecified atom stereocenters. The Labute approximate surface area is 190 Å². The van der Waals surface area contributed by atoms with Gasteiger partial charge in [0.15, 0.2) is 5.65 Å². The predicted octanol–water partition coefficient (Wildman–Crippen LogP) is 2.11. The van der Waals surface area contributed by atoms with Crippen molar-refractivity contribution in [1.82, 2.24) is 34.6 Å². The summed E-state index contributed by atoms with van der Waals surface area (Å²) in [5.74, 6) is 0.409. The van der Waals surface area contributed by atoms with Crippen LogP contribution in [0.2, 0.25) is 0 Å². The van der Waals surface area contributed by atoms with E-state index >= 15 is 0 Å². The lowest BCUT2D eigenvalue weighted by Crippen LogP contribution is -2.31. The molecule has 5 rings (SSSR count). The number of nitrogens with zero attached hydrogens (tertiary/aromatic N) is 6. The lowest BCUT2D eigenvalue weighted by molar-refractivity contribution is 0.0232. The van der Waals surface area contributed by atoms with E-state index in [1.54, 1.807) is 32.4 Å². The molecule has 170 valence electrons. The molecule has 33 heavy (non-hydrogen) atoms. The Morgan fingerprint density at radius 3 is 2.76 bits per heavy atom. The summed E-state index contributed by atoms with van der Waals surface area (Å²) >= 11 is 0. The lowest BCUT2D eigenvalue weighted by atomic mass is 10.1. The maximum atomic E-state index is 12.2. The van der Waals surface area contributed by atoms with Crippen LogP contribution in [0.25, 0.3) is 16.8 Å². The van der Waals surface area contributed by atoms with Crippen LogP contribution in [0, 0.1) is 0 Å². The number of hydrogen-bond acceptors (Lipinski definition) is 7. The highest BCUT2D eigenvalue weighted by atomic mass is 16.3. The summed E-state index contributed by atoms with van der Waals surface area (Å²) in [6.07, 6.45) is 6.98. The molecule has 3 aromatic heterocycles. The van der Waals surface area contributed by atoms with E-state index in [9.17, 15) is 9.90 Å². The summed E-state index contributed by atoms with van der Waals surface area (Å²) in [4.78, 5) is 18.5. The molecule has 10 heteroatoms. The minimum atomic E-state index is -0.622. The van der Waals surface area contributed by atoms with E-state index in [0.717, 1.165) is 29.7 Å². The van der Waals surface area contributed by atoms with Gasteiger partial charge >= 0.3 is 0 Å². The molecule has 1 atom stereocenters. The minimum absolute atomic E-state index is 0.0433. The quantitative estimate of drug-likeness (QED) is 0.355. The van der Waals surface area contributed by atoms with Crippen molar-refractivity contribution in [2.24, 2.45) is 0 Å². The van der Waals surface area contributed by atoms with E-state index in [1.807, 2.05) is 50.8 Å². The van der Waals surface area contributed by atoms with Gasteiger partial charge in [-0.1, -0.05) is 0 Å². The van der Waals surface area contributed by atoms with Crippen molar-refractivity contribution in [1.29, 1.82) is 0 Å². The zero-order valence-electron chi connectivity index (χ0n) is 18.5. The van der Waals surface area contributed by atoms with Crippen molar-refractivity contribution in [3.63, 3.8) is 0 Å². The lowest BCUT2D eigenvalue weighted by Gasteiger charge is -2.17. The number of aliphatic hydroxyl groups excluding tert-OH is 1. The predicted molar refractivity (Wildman–Crippen MR) is 124 cm³/mol. The number of hydrogen-bond donors (Lipinski definition) is 3. The maximum Gasteiger partial charge on any atom is 0.251 e. The summed E-state index contributed by atoms with van der Waals surface area (Å²) in [5, 5.41) is 25.1. The molecular weight excluding hydrogens is 420 g/mol. The first-order valence-electron chi connectivity index (χ1n) is 10.9. The number of anilines is 2. The smallest absolute Gasteiger partial charge is 0.251 e. The van der Waals surface area contributed by atoms with Gasteiger partial charge in [0.25, 0.3) is 5.91 Å². The van der Waals surface area contributed by atoms with Gasteiger partial charge in [0.05, 0.1) is 12.7 Å². The highest BCUT2D eigenvalue weighted by Gasteiger charge is 2.23. The van der Waals surface area contributed by atoms with Gasteiger partial charge in [0, 0.05) is 40.8 Å². The number of aromatic nitrogens is 5. The summed E-state index contributed by atoms with van der Waals surface area (Å²) in [5.41, 5.74) is 3.88. The number of aliphatic hydroxyl groups is 1. The molecule has 1 aliphatic rings. The maximum absolute atomic E-state index is 12.2. The van der Waals surface area contributed by atoms with Gasteiger partial charge in [-0.05, 0) is 63.3 Å². The van der Waals surface area contributed by atoms with Gasteiger partial charge in [0.1, 0.15) is 6.23 Å². The number of amides is 1.